The first kappa shape index (κ1) is 20.4. The highest BCUT2D eigenvalue weighted by Gasteiger charge is 2.37. The molecule has 1 unspecified atom stereocenters. The third-order valence-electron chi connectivity index (χ3n) is 5.41. The van der Waals surface area contributed by atoms with Crippen molar-refractivity contribution in [3.8, 4) is 0 Å². The largest absolute Gasteiger partial charge is 0.352 e. The molecule has 6 nitrogen and oxygen atoms in total. The van der Waals surface area contributed by atoms with E-state index in [0.29, 0.717) is 32.5 Å². The Morgan fingerprint density at radius 2 is 1.80 bits per heavy atom. The summed E-state index contributed by atoms with van der Waals surface area (Å²) in [6.45, 7) is 1.23. The van der Waals surface area contributed by atoms with Crippen LogP contribution in [-0.4, -0.2) is 41.0 Å². The van der Waals surface area contributed by atoms with Crippen LogP contribution in [0.4, 0.5) is 10.1 Å². The van der Waals surface area contributed by atoms with E-state index < -0.39 is 5.25 Å². The number of fused-ring (bicyclic) bond motifs is 1. The van der Waals surface area contributed by atoms with Crippen LogP contribution in [0.15, 0.2) is 53.4 Å². The first-order chi connectivity index (χ1) is 14.5. The molecule has 1 fully saturated rings. The summed E-state index contributed by atoms with van der Waals surface area (Å²) in [5.74, 6) is -1.07. The van der Waals surface area contributed by atoms with Crippen LogP contribution in [-0.2, 0) is 20.9 Å². The lowest BCUT2D eigenvalue weighted by molar-refractivity contribution is -0.137. The molecule has 2 aromatic carbocycles. The van der Waals surface area contributed by atoms with E-state index in [4.69, 9.17) is 0 Å². The Morgan fingerprint density at radius 3 is 2.53 bits per heavy atom. The third-order valence-corrected chi connectivity index (χ3v) is 6.67. The van der Waals surface area contributed by atoms with Gasteiger partial charge in [0.05, 0.1) is 5.69 Å². The van der Waals surface area contributed by atoms with E-state index in [-0.39, 0.29) is 29.5 Å². The molecule has 0 spiro atoms. The number of hydrogen-bond acceptors (Lipinski definition) is 4. The second-order valence-corrected chi connectivity index (χ2v) is 8.57. The van der Waals surface area contributed by atoms with Gasteiger partial charge in [-0.25, -0.2) is 4.39 Å². The van der Waals surface area contributed by atoms with Gasteiger partial charge in [-0.05, 0) is 42.7 Å². The minimum absolute atomic E-state index is 0.0647. The van der Waals surface area contributed by atoms with Gasteiger partial charge in [0, 0.05) is 30.4 Å². The molecule has 2 aromatic rings. The Kier molecular flexibility index (Phi) is 6.03. The van der Waals surface area contributed by atoms with E-state index in [1.54, 1.807) is 17.0 Å². The molecule has 3 amide bonds. The van der Waals surface area contributed by atoms with Gasteiger partial charge in [0.1, 0.15) is 5.82 Å². The van der Waals surface area contributed by atoms with Gasteiger partial charge in [0.15, 0.2) is 5.25 Å². The molecular weight excluding hydrogens is 405 g/mol. The molecule has 2 aliphatic heterocycles. The van der Waals surface area contributed by atoms with Crippen LogP contribution < -0.4 is 10.6 Å². The number of para-hydroxylation sites is 1. The summed E-state index contributed by atoms with van der Waals surface area (Å²) in [4.78, 5) is 40.3. The van der Waals surface area contributed by atoms with Gasteiger partial charge in [0.25, 0.3) is 0 Å². The molecule has 0 saturated carbocycles. The van der Waals surface area contributed by atoms with Crippen LogP contribution >= 0.6 is 11.8 Å². The summed E-state index contributed by atoms with van der Waals surface area (Å²) in [5, 5.41) is 4.88. The fraction of sp³-hybridized carbons (Fsp3) is 0.318. The highest BCUT2D eigenvalue weighted by atomic mass is 32.2. The number of halogens is 1. The number of carbonyl (C=O) groups excluding carboxylic acids is 3. The average molecular weight is 428 g/mol. The van der Waals surface area contributed by atoms with Crippen LogP contribution in [0, 0.1) is 11.7 Å². The van der Waals surface area contributed by atoms with Gasteiger partial charge in [-0.15, -0.1) is 11.8 Å². The van der Waals surface area contributed by atoms with E-state index in [2.05, 4.69) is 10.6 Å². The lowest BCUT2D eigenvalue weighted by Crippen LogP contribution is -2.49. The first-order valence-corrected chi connectivity index (χ1v) is 10.8. The van der Waals surface area contributed by atoms with E-state index in [1.807, 2.05) is 24.3 Å². The van der Waals surface area contributed by atoms with Gasteiger partial charge in [-0.3, -0.25) is 14.4 Å². The first-order valence-electron chi connectivity index (χ1n) is 9.89. The standard InChI is InChI=1S/C22H22FN3O3S/c23-16-7-5-14(6-8-16)13-24-20(27)15-9-11-26(12-10-15)22(29)19-21(28)25-17-3-1-2-4-18(17)30-19/h1-8,15,19H,9-13H2,(H,24,27)(H,25,28). The zero-order valence-corrected chi connectivity index (χ0v) is 17.1. The fourth-order valence-corrected chi connectivity index (χ4v) is 4.75. The Bertz CT molecular complexity index is 958. The maximum Gasteiger partial charge on any atom is 0.247 e. The quantitative estimate of drug-likeness (QED) is 0.736. The molecule has 8 heteroatoms. The third kappa shape index (κ3) is 4.48. The van der Waals surface area contributed by atoms with Gasteiger partial charge in [-0.1, -0.05) is 24.3 Å². The SMILES string of the molecule is O=C(NCc1ccc(F)cc1)C1CCN(C(=O)C2Sc3ccccc3NC2=O)CC1. The normalized spacial score (nSPS) is 19.0. The number of nitrogens with one attached hydrogen (secondary N) is 2. The summed E-state index contributed by atoms with van der Waals surface area (Å²) in [5.41, 5.74) is 1.56. The Labute approximate surface area is 178 Å². The lowest BCUT2D eigenvalue weighted by Gasteiger charge is -2.34. The minimum atomic E-state index is -0.802. The van der Waals surface area contributed by atoms with Crippen LogP contribution in [0.2, 0.25) is 0 Å². The summed E-state index contributed by atoms with van der Waals surface area (Å²) in [7, 11) is 0. The van der Waals surface area contributed by atoms with Gasteiger partial charge in [-0.2, -0.15) is 0 Å². The van der Waals surface area contributed by atoms with E-state index in [1.165, 1.54) is 23.9 Å². The van der Waals surface area contributed by atoms with E-state index in [9.17, 15) is 18.8 Å². The molecular formula is C22H22FN3O3S. The zero-order chi connectivity index (χ0) is 21.1. The van der Waals surface area contributed by atoms with Crippen molar-refractivity contribution in [2.75, 3.05) is 18.4 Å². The highest BCUT2D eigenvalue weighted by molar-refractivity contribution is 8.01. The number of nitrogens with zero attached hydrogens (tertiary/aromatic N) is 1. The maximum atomic E-state index is 13.0. The van der Waals surface area contributed by atoms with E-state index in [0.717, 1.165) is 16.1 Å². The number of piperidine rings is 1. The molecule has 1 atom stereocenters. The topological polar surface area (TPSA) is 78.5 Å². The number of anilines is 1. The number of likely N-dealkylation sites (tertiary alicyclic amines) is 1. The van der Waals surface area contributed by atoms with Crippen molar-refractivity contribution in [2.24, 2.45) is 5.92 Å². The molecule has 2 heterocycles. The molecule has 4 rings (SSSR count). The van der Waals surface area contributed by atoms with Crippen LogP contribution in [0.25, 0.3) is 0 Å². The van der Waals surface area contributed by atoms with Gasteiger partial charge < -0.3 is 15.5 Å². The second-order valence-electron chi connectivity index (χ2n) is 7.43. The molecule has 1 saturated heterocycles. The van der Waals surface area contributed by atoms with Crippen molar-refractivity contribution < 1.29 is 18.8 Å². The van der Waals surface area contributed by atoms with E-state index >= 15 is 0 Å². The molecule has 0 aromatic heterocycles. The zero-order valence-electron chi connectivity index (χ0n) is 16.3. The van der Waals surface area contributed by atoms with Crippen LogP contribution in [0.3, 0.4) is 0 Å². The van der Waals surface area contributed by atoms with Crippen molar-refractivity contribution in [3.05, 3.63) is 59.9 Å². The predicted molar refractivity (Wildman–Crippen MR) is 112 cm³/mol. The molecule has 0 aliphatic carbocycles. The van der Waals surface area contributed by atoms with Crippen molar-refractivity contribution in [3.63, 3.8) is 0 Å². The fourth-order valence-electron chi connectivity index (χ4n) is 3.68. The number of rotatable bonds is 4. The summed E-state index contributed by atoms with van der Waals surface area (Å²) in [6, 6.07) is 13.4. The van der Waals surface area contributed by atoms with Crippen molar-refractivity contribution >= 4 is 35.2 Å². The molecule has 30 heavy (non-hydrogen) atoms. The molecule has 2 N–H and O–H groups in total. The van der Waals surface area contributed by atoms with Crippen molar-refractivity contribution in [2.45, 2.75) is 29.5 Å². The Hall–Kier alpha value is -2.87. The predicted octanol–water partition coefficient (Wildman–Crippen LogP) is 2.79. The van der Waals surface area contributed by atoms with Gasteiger partial charge in [0.2, 0.25) is 17.7 Å². The lowest BCUT2D eigenvalue weighted by atomic mass is 9.95. The minimum Gasteiger partial charge on any atom is -0.352 e. The molecule has 0 bridgehead atoms. The smallest absolute Gasteiger partial charge is 0.247 e. The van der Waals surface area contributed by atoms with Gasteiger partial charge >= 0.3 is 0 Å². The van der Waals surface area contributed by atoms with Crippen LogP contribution in [0.5, 0.6) is 0 Å². The average Bonchev–Trinajstić information content (AvgIpc) is 2.77. The molecule has 2 aliphatic rings. The number of carbonyl (C=O) groups is 3. The van der Waals surface area contributed by atoms with Crippen LogP contribution in [0.1, 0.15) is 18.4 Å². The Balaban J connectivity index is 1.28. The van der Waals surface area contributed by atoms with Crippen molar-refractivity contribution in [1.29, 1.82) is 0 Å². The van der Waals surface area contributed by atoms with Crippen molar-refractivity contribution in [1.82, 2.24) is 10.2 Å². The molecule has 156 valence electrons. The highest BCUT2D eigenvalue weighted by Crippen LogP contribution is 2.36. The number of benzene rings is 2. The number of hydrogen-bond donors (Lipinski definition) is 2. The summed E-state index contributed by atoms with van der Waals surface area (Å²) < 4.78 is 13.0. The Morgan fingerprint density at radius 1 is 1.10 bits per heavy atom. The summed E-state index contributed by atoms with van der Waals surface area (Å²) in [6.07, 6.45) is 1.10. The number of amides is 3. The second kappa shape index (κ2) is 8.87. The number of thioether (sulfide) groups is 1. The monoisotopic (exact) mass is 427 g/mol. The molecule has 0 radical (unpaired) electrons. The summed E-state index contributed by atoms with van der Waals surface area (Å²) >= 11 is 1.27. The maximum absolute atomic E-state index is 13.0.